The molecule has 0 bridgehead atoms. The maximum absolute atomic E-state index is 12.6. The van der Waals surface area contributed by atoms with Gasteiger partial charge in [0.25, 0.3) is 0 Å². The molecule has 20 heavy (non-hydrogen) atoms. The zero-order valence-corrected chi connectivity index (χ0v) is 12.4. The number of amides is 1. The first-order valence-corrected chi connectivity index (χ1v) is 7.76. The highest BCUT2D eigenvalue weighted by atomic mass is 16.2. The summed E-state index contributed by atoms with van der Waals surface area (Å²) in [5, 5.41) is 3.33. The SMILES string of the molecule is Cc1ccccc1[C@H]1C[C@@H](C)N(C(=O)[C@@H]2CCCN2)C1. The maximum Gasteiger partial charge on any atom is 0.239 e. The summed E-state index contributed by atoms with van der Waals surface area (Å²) >= 11 is 0. The average molecular weight is 272 g/mol. The molecule has 1 amide bonds. The molecule has 1 aromatic rings. The number of nitrogens with zero attached hydrogens (tertiary/aromatic N) is 1. The summed E-state index contributed by atoms with van der Waals surface area (Å²) in [4.78, 5) is 14.7. The van der Waals surface area contributed by atoms with Gasteiger partial charge in [-0.1, -0.05) is 24.3 Å². The van der Waals surface area contributed by atoms with Gasteiger partial charge < -0.3 is 10.2 Å². The molecular formula is C17H24N2O. The van der Waals surface area contributed by atoms with Crippen LogP contribution in [0.4, 0.5) is 0 Å². The summed E-state index contributed by atoms with van der Waals surface area (Å²) in [6.45, 7) is 6.22. The Morgan fingerprint density at radius 1 is 1.35 bits per heavy atom. The van der Waals surface area contributed by atoms with Crippen LogP contribution in [0.3, 0.4) is 0 Å². The molecule has 1 N–H and O–H groups in total. The third-order valence-electron chi connectivity index (χ3n) is 4.84. The molecule has 2 saturated heterocycles. The van der Waals surface area contributed by atoms with Crippen LogP contribution in [0, 0.1) is 6.92 Å². The fourth-order valence-electron chi connectivity index (χ4n) is 3.70. The van der Waals surface area contributed by atoms with Gasteiger partial charge in [0.15, 0.2) is 0 Å². The highest BCUT2D eigenvalue weighted by molar-refractivity contribution is 5.83. The van der Waals surface area contributed by atoms with Gasteiger partial charge in [0.1, 0.15) is 0 Å². The fourth-order valence-corrected chi connectivity index (χ4v) is 3.70. The molecule has 3 rings (SSSR count). The number of aryl methyl sites for hydroxylation is 1. The zero-order chi connectivity index (χ0) is 14.1. The summed E-state index contributed by atoms with van der Waals surface area (Å²) < 4.78 is 0. The first kappa shape index (κ1) is 13.6. The van der Waals surface area contributed by atoms with Gasteiger partial charge in [-0.25, -0.2) is 0 Å². The quantitative estimate of drug-likeness (QED) is 0.897. The van der Waals surface area contributed by atoms with Crippen molar-refractivity contribution in [2.45, 2.75) is 51.1 Å². The Hall–Kier alpha value is -1.35. The number of hydrogen-bond acceptors (Lipinski definition) is 2. The van der Waals surface area contributed by atoms with E-state index in [2.05, 4.69) is 48.3 Å². The van der Waals surface area contributed by atoms with Crippen molar-refractivity contribution >= 4 is 5.91 Å². The minimum atomic E-state index is 0.0630. The molecule has 3 heteroatoms. The molecule has 1 aromatic carbocycles. The van der Waals surface area contributed by atoms with Crippen molar-refractivity contribution in [3.05, 3.63) is 35.4 Å². The minimum Gasteiger partial charge on any atom is -0.338 e. The van der Waals surface area contributed by atoms with E-state index in [0.717, 1.165) is 32.4 Å². The fraction of sp³-hybridized carbons (Fsp3) is 0.588. The normalized spacial score (nSPS) is 29.9. The zero-order valence-electron chi connectivity index (χ0n) is 12.4. The molecule has 0 aliphatic carbocycles. The first-order valence-electron chi connectivity index (χ1n) is 7.76. The molecule has 0 unspecified atom stereocenters. The van der Waals surface area contributed by atoms with Gasteiger partial charge in [-0.05, 0) is 50.8 Å². The van der Waals surface area contributed by atoms with Crippen LogP contribution in [-0.4, -0.2) is 36.0 Å². The topological polar surface area (TPSA) is 32.3 Å². The first-order chi connectivity index (χ1) is 9.66. The van der Waals surface area contributed by atoms with E-state index in [1.807, 2.05) is 0 Å². The monoisotopic (exact) mass is 272 g/mol. The van der Waals surface area contributed by atoms with E-state index in [9.17, 15) is 4.79 Å². The van der Waals surface area contributed by atoms with Gasteiger partial charge in [-0.3, -0.25) is 4.79 Å². The molecule has 108 valence electrons. The van der Waals surface area contributed by atoms with Crippen molar-refractivity contribution in [2.75, 3.05) is 13.1 Å². The number of benzene rings is 1. The highest BCUT2D eigenvalue weighted by Gasteiger charge is 2.37. The summed E-state index contributed by atoms with van der Waals surface area (Å²) in [5.74, 6) is 0.808. The number of rotatable bonds is 2. The second-order valence-corrected chi connectivity index (χ2v) is 6.28. The molecule has 2 aliphatic rings. The lowest BCUT2D eigenvalue weighted by Crippen LogP contribution is -2.45. The second-order valence-electron chi connectivity index (χ2n) is 6.28. The Labute approximate surface area is 121 Å². The van der Waals surface area contributed by atoms with Gasteiger partial charge in [0.05, 0.1) is 6.04 Å². The second kappa shape index (κ2) is 5.57. The van der Waals surface area contributed by atoms with E-state index in [4.69, 9.17) is 0 Å². The average Bonchev–Trinajstić information content (AvgIpc) is 3.08. The van der Waals surface area contributed by atoms with E-state index < -0.39 is 0 Å². The van der Waals surface area contributed by atoms with Crippen LogP contribution in [0.25, 0.3) is 0 Å². The predicted molar refractivity (Wildman–Crippen MR) is 80.7 cm³/mol. The lowest BCUT2D eigenvalue weighted by Gasteiger charge is -2.25. The number of nitrogens with one attached hydrogen (secondary N) is 1. The van der Waals surface area contributed by atoms with Crippen molar-refractivity contribution < 1.29 is 4.79 Å². The van der Waals surface area contributed by atoms with Crippen molar-refractivity contribution in [2.24, 2.45) is 0 Å². The van der Waals surface area contributed by atoms with E-state index in [1.54, 1.807) is 0 Å². The number of hydrogen-bond donors (Lipinski definition) is 1. The highest BCUT2D eigenvalue weighted by Crippen LogP contribution is 2.33. The Kier molecular flexibility index (Phi) is 3.79. The lowest BCUT2D eigenvalue weighted by atomic mass is 9.93. The van der Waals surface area contributed by atoms with Gasteiger partial charge in [-0.15, -0.1) is 0 Å². The van der Waals surface area contributed by atoms with Crippen LogP contribution in [0.5, 0.6) is 0 Å². The summed E-state index contributed by atoms with van der Waals surface area (Å²) in [6.07, 6.45) is 3.21. The lowest BCUT2D eigenvalue weighted by molar-refractivity contribution is -0.133. The molecule has 0 saturated carbocycles. The number of likely N-dealkylation sites (tertiary alicyclic amines) is 1. The standard InChI is InChI=1S/C17H24N2O/c1-12-6-3-4-7-15(12)14-10-13(2)19(11-14)17(20)16-8-5-9-18-16/h3-4,6-7,13-14,16,18H,5,8-11H2,1-2H3/t13-,14+,16+/m1/s1. The molecule has 2 aliphatic heterocycles. The summed E-state index contributed by atoms with van der Waals surface area (Å²) in [6, 6.07) is 9.00. The van der Waals surface area contributed by atoms with Crippen LogP contribution in [0.2, 0.25) is 0 Å². The molecule has 0 spiro atoms. The Balaban J connectivity index is 1.73. The molecule has 0 radical (unpaired) electrons. The van der Waals surface area contributed by atoms with Crippen LogP contribution >= 0.6 is 0 Å². The third-order valence-corrected chi connectivity index (χ3v) is 4.84. The predicted octanol–water partition coefficient (Wildman–Crippen LogP) is 2.45. The summed E-state index contributed by atoms with van der Waals surface area (Å²) in [5.41, 5.74) is 2.76. The molecule has 3 nitrogen and oxygen atoms in total. The minimum absolute atomic E-state index is 0.0630. The Bertz CT molecular complexity index is 494. The van der Waals surface area contributed by atoms with Crippen LogP contribution in [0.15, 0.2) is 24.3 Å². The smallest absolute Gasteiger partial charge is 0.239 e. The van der Waals surface area contributed by atoms with Gasteiger partial charge in [-0.2, -0.15) is 0 Å². The van der Waals surface area contributed by atoms with Crippen LogP contribution in [0.1, 0.15) is 43.2 Å². The largest absolute Gasteiger partial charge is 0.338 e. The van der Waals surface area contributed by atoms with Gasteiger partial charge in [0, 0.05) is 18.5 Å². The molecular weight excluding hydrogens is 248 g/mol. The molecule has 2 heterocycles. The molecule has 2 fully saturated rings. The van der Waals surface area contributed by atoms with Crippen molar-refractivity contribution in [1.82, 2.24) is 10.2 Å². The number of carbonyl (C=O) groups is 1. The summed E-state index contributed by atoms with van der Waals surface area (Å²) in [7, 11) is 0. The van der Waals surface area contributed by atoms with Gasteiger partial charge in [0.2, 0.25) is 5.91 Å². The number of carbonyl (C=O) groups excluding carboxylic acids is 1. The third kappa shape index (κ3) is 2.47. The van der Waals surface area contributed by atoms with E-state index in [1.165, 1.54) is 11.1 Å². The van der Waals surface area contributed by atoms with Gasteiger partial charge >= 0.3 is 0 Å². The van der Waals surface area contributed by atoms with Crippen LogP contribution < -0.4 is 5.32 Å². The maximum atomic E-state index is 12.6. The molecule has 0 aromatic heterocycles. The Morgan fingerprint density at radius 2 is 2.15 bits per heavy atom. The van der Waals surface area contributed by atoms with Crippen LogP contribution in [-0.2, 0) is 4.79 Å². The van der Waals surface area contributed by atoms with E-state index in [0.29, 0.717) is 17.9 Å². The Morgan fingerprint density at radius 3 is 2.85 bits per heavy atom. The molecule has 3 atom stereocenters. The van der Waals surface area contributed by atoms with E-state index in [-0.39, 0.29) is 6.04 Å². The van der Waals surface area contributed by atoms with E-state index >= 15 is 0 Å². The van der Waals surface area contributed by atoms with Crippen molar-refractivity contribution in [3.8, 4) is 0 Å². The van der Waals surface area contributed by atoms with Crippen molar-refractivity contribution in [3.63, 3.8) is 0 Å². The van der Waals surface area contributed by atoms with Crippen molar-refractivity contribution in [1.29, 1.82) is 0 Å².